The number of aliphatic imine (C=N–C) groups is 1. The third kappa shape index (κ3) is 0.959. The standard InChI is InChI=1S/C4H7N3O/c8-4-7-2-1-5-3-6-7/h3-4H,1-2H2,(H,5,6). The van der Waals surface area contributed by atoms with Crippen molar-refractivity contribution in [3.8, 4) is 0 Å². The molecule has 0 radical (unpaired) electrons. The Hall–Kier alpha value is -1.06. The van der Waals surface area contributed by atoms with Crippen molar-refractivity contribution in [1.82, 2.24) is 10.4 Å². The number of amides is 1. The molecule has 0 saturated heterocycles. The maximum Gasteiger partial charge on any atom is 0.228 e. The summed E-state index contributed by atoms with van der Waals surface area (Å²) >= 11 is 0. The summed E-state index contributed by atoms with van der Waals surface area (Å²) in [5.41, 5.74) is 2.64. The number of carbonyl (C=O) groups excluding carboxylic acids is 1. The molecule has 0 spiro atoms. The zero-order valence-electron chi connectivity index (χ0n) is 4.37. The van der Waals surface area contributed by atoms with E-state index in [0.29, 0.717) is 13.1 Å². The van der Waals surface area contributed by atoms with Gasteiger partial charge in [0.1, 0.15) is 6.34 Å². The number of rotatable bonds is 1. The average molecular weight is 113 g/mol. The fourth-order valence-corrected chi connectivity index (χ4v) is 0.493. The highest BCUT2D eigenvalue weighted by Gasteiger charge is 1.98. The highest BCUT2D eigenvalue weighted by molar-refractivity contribution is 5.59. The summed E-state index contributed by atoms with van der Waals surface area (Å²) in [5, 5.41) is 1.44. The van der Waals surface area contributed by atoms with E-state index in [2.05, 4.69) is 10.4 Å². The van der Waals surface area contributed by atoms with Crippen LogP contribution in [0.4, 0.5) is 0 Å². The minimum Gasteiger partial charge on any atom is -0.286 e. The normalized spacial score (nSPS) is 17.8. The molecule has 1 aliphatic rings. The predicted octanol–water partition coefficient (Wildman–Crippen LogP) is -1.01. The van der Waals surface area contributed by atoms with Crippen molar-refractivity contribution in [1.29, 1.82) is 0 Å². The molecule has 8 heavy (non-hydrogen) atoms. The van der Waals surface area contributed by atoms with Crippen molar-refractivity contribution in [3.05, 3.63) is 0 Å². The maximum absolute atomic E-state index is 9.96. The summed E-state index contributed by atoms with van der Waals surface area (Å²) in [4.78, 5) is 13.8. The molecule has 1 aliphatic heterocycles. The molecule has 0 aliphatic carbocycles. The van der Waals surface area contributed by atoms with Gasteiger partial charge < -0.3 is 0 Å². The van der Waals surface area contributed by atoms with Gasteiger partial charge in [-0.1, -0.05) is 0 Å². The van der Waals surface area contributed by atoms with E-state index in [1.807, 2.05) is 0 Å². The van der Waals surface area contributed by atoms with Gasteiger partial charge in [-0.3, -0.25) is 20.2 Å². The summed E-state index contributed by atoms with van der Waals surface area (Å²) in [6.45, 7) is 1.37. The fraction of sp³-hybridized carbons (Fsp3) is 0.500. The van der Waals surface area contributed by atoms with Crippen LogP contribution in [0.5, 0.6) is 0 Å². The molecule has 1 amide bonds. The molecule has 0 saturated carbocycles. The zero-order chi connectivity index (χ0) is 5.82. The smallest absolute Gasteiger partial charge is 0.228 e. The van der Waals surface area contributed by atoms with Crippen molar-refractivity contribution in [3.63, 3.8) is 0 Å². The van der Waals surface area contributed by atoms with Crippen molar-refractivity contribution in [2.75, 3.05) is 13.1 Å². The molecule has 0 aromatic carbocycles. The number of nitrogens with zero attached hydrogens (tertiary/aromatic N) is 2. The lowest BCUT2D eigenvalue weighted by Gasteiger charge is -2.17. The van der Waals surface area contributed by atoms with Crippen LogP contribution >= 0.6 is 0 Å². The molecule has 0 unspecified atom stereocenters. The largest absolute Gasteiger partial charge is 0.286 e. The molecule has 0 aromatic heterocycles. The van der Waals surface area contributed by atoms with Gasteiger partial charge in [-0.15, -0.1) is 0 Å². The Labute approximate surface area is 47.2 Å². The molecule has 44 valence electrons. The highest BCUT2D eigenvalue weighted by Crippen LogP contribution is 1.80. The molecule has 4 heteroatoms. The summed E-state index contributed by atoms with van der Waals surface area (Å²) < 4.78 is 0. The van der Waals surface area contributed by atoms with Crippen LogP contribution in [0.2, 0.25) is 0 Å². The first-order valence-corrected chi connectivity index (χ1v) is 2.40. The van der Waals surface area contributed by atoms with Gasteiger partial charge in [0.25, 0.3) is 0 Å². The first-order valence-electron chi connectivity index (χ1n) is 2.40. The lowest BCUT2D eigenvalue weighted by atomic mass is 10.6. The maximum atomic E-state index is 9.96. The van der Waals surface area contributed by atoms with Gasteiger partial charge in [-0.2, -0.15) is 0 Å². The van der Waals surface area contributed by atoms with E-state index < -0.39 is 0 Å². The number of carbonyl (C=O) groups is 1. The second-order valence-corrected chi connectivity index (χ2v) is 1.46. The van der Waals surface area contributed by atoms with Gasteiger partial charge in [0.2, 0.25) is 6.41 Å². The SMILES string of the molecule is O=CN1CCN=CN1. The zero-order valence-corrected chi connectivity index (χ0v) is 4.37. The number of hydrogen-bond acceptors (Lipinski definition) is 3. The third-order valence-electron chi connectivity index (χ3n) is 0.912. The Bertz CT molecular complexity index is 112. The molecular formula is C4H7N3O. The summed E-state index contributed by atoms with van der Waals surface area (Å²) in [6, 6.07) is 0. The summed E-state index contributed by atoms with van der Waals surface area (Å²) in [6.07, 6.45) is 2.25. The van der Waals surface area contributed by atoms with Gasteiger partial charge in [0.15, 0.2) is 0 Å². The predicted molar refractivity (Wildman–Crippen MR) is 29.3 cm³/mol. The first kappa shape index (κ1) is 5.08. The van der Waals surface area contributed by atoms with Crippen molar-refractivity contribution in [2.45, 2.75) is 0 Å². The molecule has 0 aromatic rings. The van der Waals surface area contributed by atoms with Crippen LogP contribution in [0.25, 0.3) is 0 Å². The first-order chi connectivity index (χ1) is 3.93. The van der Waals surface area contributed by atoms with Gasteiger partial charge >= 0.3 is 0 Å². The Morgan fingerprint density at radius 1 is 1.88 bits per heavy atom. The van der Waals surface area contributed by atoms with Crippen LogP contribution in [0.15, 0.2) is 4.99 Å². The van der Waals surface area contributed by atoms with E-state index in [1.165, 1.54) is 11.3 Å². The summed E-state index contributed by atoms with van der Waals surface area (Å²) in [5.74, 6) is 0. The van der Waals surface area contributed by atoms with Gasteiger partial charge in [-0.05, 0) is 0 Å². The van der Waals surface area contributed by atoms with E-state index >= 15 is 0 Å². The third-order valence-corrected chi connectivity index (χ3v) is 0.912. The topological polar surface area (TPSA) is 44.7 Å². The van der Waals surface area contributed by atoms with Gasteiger partial charge in [0, 0.05) is 0 Å². The van der Waals surface area contributed by atoms with Crippen LogP contribution in [-0.4, -0.2) is 30.8 Å². The van der Waals surface area contributed by atoms with Crippen LogP contribution in [-0.2, 0) is 4.79 Å². The average Bonchev–Trinajstić information content (AvgIpc) is 1.90. The van der Waals surface area contributed by atoms with Crippen LogP contribution in [0, 0.1) is 0 Å². The quantitative estimate of drug-likeness (QED) is 0.443. The lowest BCUT2D eigenvalue weighted by molar-refractivity contribution is -0.119. The van der Waals surface area contributed by atoms with Gasteiger partial charge in [0.05, 0.1) is 13.1 Å². The number of hydrazine groups is 1. The van der Waals surface area contributed by atoms with E-state index in [0.717, 1.165) is 6.41 Å². The second-order valence-electron chi connectivity index (χ2n) is 1.46. The van der Waals surface area contributed by atoms with E-state index in [4.69, 9.17) is 0 Å². The fourth-order valence-electron chi connectivity index (χ4n) is 0.493. The number of nitrogens with one attached hydrogen (secondary N) is 1. The number of hydrogen-bond donors (Lipinski definition) is 1. The molecule has 1 N–H and O–H groups in total. The van der Waals surface area contributed by atoms with Crippen molar-refractivity contribution >= 4 is 12.7 Å². The Morgan fingerprint density at radius 2 is 2.75 bits per heavy atom. The highest BCUT2D eigenvalue weighted by atomic mass is 16.1. The minimum absolute atomic E-state index is 0.667. The monoisotopic (exact) mass is 113 g/mol. The molecule has 1 heterocycles. The van der Waals surface area contributed by atoms with Crippen LogP contribution < -0.4 is 5.43 Å². The Balaban J connectivity index is 2.37. The summed E-state index contributed by atoms with van der Waals surface area (Å²) in [7, 11) is 0. The molecule has 0 bridgehead atoms. The van der Waals surface area contributed by atoms with Crippen LogP contribution in [0.3, 0.4) is 0 Å². The molecule has 0 atom stereocenters. The van der Waals surface area contributed by atoms with E-state index in [1.54, 1.807) is 0 Å². The van der Waals surface area contributed by atoms with E-state index in [-0.39, 0.29) is 0 Å². The molecule has 4 nitrogen and oxygen atoms in total. The second kappa shape index (κ2) is 2.30. The Kier molecular flexibility index (Phi) is 1.46. The van der Waals surface area contributed by atoms with Crippen LogP contribution in [0.1, 0.15) is 0 Å². The van der Waals surface area contributed by atoms with Crippen molar-refractivity contribution < 1.29 is 4.79 Å². The minimum atomic E-state index is 0.667. The molecule has 1 rings (SSSR count). The Morgan fingerprint density at radius 3 is 3.12 bits per heavy atom. The van der Waals surface area contributed by atoms with Crippen molar-refractivity contribution in [2.24, 2.45) is 4.99 Å². The van der Waals surface area contributed by atoms with E-state index in [9.17, 15) is 4.79 Å². The van der Waals surface area contributed by atoms with Gasteiger partial charge in [-0.25, -0.2) is 0 Å². The lowest BCUT2D eigenvalue weighted by Crippen LogP contribution is -2.40. The molecular weight excluding hydrogens is 106 g/mol. The molecule has 0 fully saturated rings.